The number of nitrogens with one attached hydrogen (secondary N) is 1. The summed E-state index contributed by atoms with van der Waals surface area (Å²) in [5.74, 6) is 0.953. The molecule has 1 saturated heterocycles. The number of para-hydroxylation sites is 1. The molecule has 1 amide bonds. The average molecular weight is 278 g/mol. The second-order valence-electron chi connectivity index (χ2n) is 5.03. The third-order valence-electron chi connectivity index (χ3n) is 3.65. The predicted octanol–water partition coefficient (Wildman–Crippen LogP) is 1.07. The minimum Gasteiger partial charge on any atom is -0.483 e. The number of carbonyl (C=O) groups is 1. The van der Waals surface area contributed by atoms with Gasteiger partial charge in [0.05, 0.1) is 6.10 Å². The maximum absolute atomic E-state index is 11.8. The van der Waals surface area contributed by atoms with Crippen LogP contribution in [0.5, 0.6) is 5.75 Å². The SMILES string of the molecule is CC1OCCC1CNC(=O)COc1ccccc1CN. The molecule has 2 unspecified atom stereocenters. The molecule has 0 radical (unpaired) electrons. The first-order valence-corrected chi connectivity index (χ1v) is 6.99. The van der Waals surface area contributed by atoms with Gasteiger partial charge >= 0.3 is 0 Å². The largest absolute Gasteiger partial charge is 0.483 e. The molecule has 1 fully saturated rings. The van der Waals surface area contributed by atoms with Gasteiger partial charge in [-0.2, -0.15) is 0 Å². The van der Waals surface area contributed by atoms with Crippen molar-refractivity contribution in [2.24, 2.45) is 11.7 Å². The lowest BCUT2D eigenvalue weighted by Gasteiger charge is -2.15. The number of ether oxygens (including phenoxy) is 2. The molecular weight excluding hydrogens is 256 g/mol. The van der Waals surface area contributed by atoms with Crippen molar-refractivity contribution in [3.8, 4) is 5.75 Å². The minimum atomic E-state index is -0.115. The number of hydrogen-bond donors (Lipinski definition) is 2. The third kappa shape index (κ3) is 3.95. The van der Waals surface area contributed by atoms with E-state index in [-0.39, 0.29) is 18.6 Å². The van der Waals surface area contributed by atoms with Crippen LogP contribution < -0.4 is 15.8 Å². The molecule has 2 atom stereocenters. The first kappa shape index (κ1) is 14.8. The Bertz CT molecular complexity index is 450. The standard InChI is InChI=1S/C15H22N2O3/c1-11-13(6-7-19-11)9-17-15(18)10-20-14-5-3-2-4-12(14)8-16/h2-5,11,13H,6-10,16H2,1H3,(H,17,18). The Morgan fingerprint density at radius 3 is 3.00 bits per heavy atom. The Kier molecular flexibility index (Phi) is 5.38. The fourth-order valence-electron chi connectivity index (χ4n) is 2.30. The molecule has 0 aromatic heterocycles. The maximum atomic E-state index is 11.8. The lowest BCUT2D eigenvalue weighted by molar-refractivity contribution is -0.123. The number of rotatable bonds is 6. The van der Waals surface area contributed by atoms with Gasteiger partial charge in [-0.25, -0.2) is 0 Å². The molecule has 2 rings (SSSR count). The summed E-state index contributed by atoms with van der Waals surface area (Å²) in [6.07, 6.45) is 1.22. The van der Waals surface area contributed by atoms with E-state index < -0.39 is 0 Å². The normalized spacial score (nSPS) is 21.7. The summed E-state index contributed by atoms with van der Waals surface area (Å²) in [6, 6.07) is 7.48. The second kappa shape index (κ2) is 7.26. The molecule has 1 aliphatic rings. The summed E-state index contributed by atoms with van der Waals surface area (Å²) in [5.41, 5.74) is 6.52. The molecular formula is C15H22N2O3. The smallest absolute Gasteiger partial charge is 0.257 e. The van der Waals surface area contributed by atoms with Gasteiger partial charge in [-0.05, 0) is 19.4 Å². The van der Waals surface area contributed by atoms with Crippen molar-refractivity contribution in [2.75, 3.05) is 19.8 Å². The van der Waals surface area contributed by atoms with Crippen molar-refractivity contribution in [1.82, 2.24) is 5.32 Å². The van der Waals surface area contributed by atoms with Crippen LogP contribution in [0, 0.1) is 5.92 Å². The van der Waals surface area contributed by atoms with Gasteiger partial charge < -0.3 is 20.5 Å². The van der Waals surface area contributed by atoms with Gasteiger partial charge in [0.15, 0.2) is 6.61 Å². The van der Waals surface area contributed by atoms with Crippen molar-refractivity contribution in [3.63, 3.8) is 0 Å². The van der Waals surface area contributed by atoms with Crippen molar-refractivity contribution >= 4 is 5.91 Å². The molecule has 1 heterocycles. The number of benzene rings is 1. The van der Waals surface area contributed by atoms with Crippen LogP contribution >= 0.6 is 0 Å². The molecule has 0 saturated carbocycles. The summed E-state index contributed by atoms with van der Waals surface area (Å²) in [4.78, 5) is 11.8. The quantitative estimate of drug-likeness (QED) is 0.816. The molecule has 0 aliphatic carbocycles. The van der Waals surface area contributed by atoms with Crippen LogP contribution in [-0.2, 0) is 16.1 Å². The molecule has 1 aromatic carbocycles. The van der Waals surface area contributed by atoms with Crippen molar-refractivity contribution in [2.45, 2.75) is 26.0 Å². The topological polar surface area (TPSA) is 73.6 Å². The molecule has 5 nitrogen and oxygen atoms in total. The lowest BCUT2D eigenvalue weighted by atomic mass is 10.0. The van der Waals surface area contributed by atoms with E-state index in [0.717, 1.165) is 18.6 Å². The van der Waals surface area contributed by atoms with Crippen LogP contribution in [-0.4, -0.2) is 31.8 Å². The van der Waals surface area contributed by atoms with Crippen molar-refractivity contribution in [3.05, 3.63) is 29.8 Å². The molecule has 3 N–H and O–H groups in total. The van der Waals surface area contributed by atoms with Gasteiger partial charge in [0.2, 0.25) is 0 Å². The zero-order valence-corrected chi connectivity index (χ0v) is 11.8. The Hall–Kier alpha value is -1.59. The second-order valence-corrected chi connectivity index (χ2v) is 5.03. The van der Waals surface area contributed by atoms with Crippen molar-refractivity contribution < 1.29 is 14.3 Å². The highest BCUT2D eigenvalue weighted by molar-refractivity contribution is 5.77. The molecule has 20 heavy (non-hydrogen) atoms. The van der Waals surface area contributed by atoms with Gasteiger partial charge in [-0.15, -0.1) is 0 Å². The van der Waals surface area contributed by atoms with E-state index in [9.17, 15) is 4.79 Å². The van der Waals surface area contributed by atoms with Gasteiger partial charge in [0.25, 0.3) is 5.91 Å². The van der Waals surface area contributed by atoms with Crippen LogP contribution in [0.15, 0.2) is 24.3 Å². The van der Waals surface area contributed by atoms with Gasteiger partial charge in [0, 0.05) is 31.2 Å². The number of carbonyl (C=O) groups excluding carboxylic acids is 1. The van der Waals surface area contributed by atoms with E-state index in [1.54, 1.807) is 0 Å². The van der Waals surface area contributed by atoms with Crippen molar-refractivity contribution in [1.29, 1.82) is 0 Å². The molecule has 0 bridgehead atoms. The summed E-state index contributed by atoms with van der Waals surface area (Å²) in [6.45, 7) is 3.87. The fourth-order valence-corrected chi connectivity index (χ4v) is 2.30. The van der Waals surface area contributed by atoms with Crippen LogP contribution in [0.4, 0.5) is 0 Å². The summed E-state index contributed by atoms with van der Waals surface area (Å²) >= 11 is 0. The van der Waals surface area contributed by atoms with Crippen LogP contribution in [0.2, 0.25) is 0 Å². The van der Waals surface area contributed by atoms with Gasteiger partial charge in [-0.3, -0.25) is 4.79 Å². The highest BCUT2D eigenvalue weighted by Crippen LogP contribution is 2.19. The summed E-state index contributed by atoms with van der Waals surface area (Å²) in [5, 5.41) is 2.89. The monoisotopic (exact) mass is 278 g/mol. The minimum absolute atomic E-state index is 0.0129. The van der Waals surface area contributed by atoms with E-state index in [4.69, 9.17) is 15.2 Å². The first-order valence-electron chi connectivity index (χ1n) is 6.99. The molecule has 0 spiro atoms. The van der Waals surface area contributed by atoms with E-state index in [1.807, 2.05) is 31.2 Å². The van der Waals surface area contributed by atoms with E-state index >= 15 is 0 Å². The third-order valence-corrected chi connectivity index (χ3v) is 3.65. The number of hydrogen-bond acceptors (Lipinski definition) is 4. The van der Waals surface area contributed by atoms with Crippen LogP contribution in [0.25, 0.3) is 0 Å². The summed E-state index contributed by atoms with van der Waals surface area (Å²) < 4.78 is 11.0. The van der Waals surface area contributed by atoms with E-state index in [2.05, 4.69) is 5.32 Å². The predicted molar refractivity (Wildman–Crippen MR) is 76.4 cm³/mol. The zero-order valence-electron chi connectivity index (χ0n) is 11.8. The van der Waals surface area contributed by atoms with Crippen LogP contribution in [0.1, 0.15) is 18.9 Å². The first-order chi connectivity index (χ1) is 9.70. The lowest BCUT2D eigenvalue weighted by Crippen LogP contribution is -2.35. The van der Waals surface area contributed by atoms with E-state index in [1.165, 1.54) is 0 Å². The molecule has 1 aliphatic heterocycles. The average Bonchev–Trinajstić information content (AvgIpc) is 2.88. The van der Waals surface area contributed by atoms with E-state index in [0.29, 0.717) is 24.8 Å². The zero-order chi connectivity index (χ0) is 14.4. The fraction of sp³-hybridized carbons (Fsp3) is 0.533. The number of amides is 1. The molecule has 110 valence electrons. The Labute approximate surface area is 119 Å². The number of nitrogens with two attached hydrogens (primary N) is 1. The Morgan fingerprint density at radius 1 is 1.50 bits per heavy atom. The summed E-state index contributed by atoms with van der Waals surface area (Å²) in [7, 11) is 0. The molecule has 1 aromatic rings. The Morgan fingerprint density at radius 2 is 2.30 bits per heavy atom. The van der Waals surface area contributed by atoms with Gasteiger partial charge in [0.1, 0.15) is 5.75 Å². The van der Waals surface area contributed by atoms with Crippen LogP contribution in [0.3, 0.4) is 0 Å². The molecule has 5 heteroatoms. The highest BCUT2D eigenvalue weighted by Gasteiger charge is 2.24. The Balaban J connectivity index is 1.74. The highest BCUT2D eigenvalue weighted by atomic mass is 16.5. The maximum Gasteiger partial charge on any atom is 0.257 e. The van der Waals surface area contributed by atoms with Gasteiger partial charge in [-0.1, -0.05) is 18.2 Å².